The van der Waals surface area contributed by atoms with Gasteiger partial charge in [0, 0.05) is 73.9 Å². The topological polar surface area (TPSA) is 357 Å². The van der Waals surface area contributed by atoms with Crippen LogP contribution in [0.5, 0.6) is 23.3 Å². The Balaban J connectivity index is 0.000000207. The summed E-state index contributed by atoms with van der Waals surface area (Å²) >= 11 is 0. The first-order chi connectivity index (χ1) is 44.6. The Hall–Kier alpha value is -8.83. The van der Waals surface area contributed by atoms with Gasteiger partial charge in [0.25, 0.3) is 5.91 Å². The molecule has 3 saturated carbocycles. The Kier molecular flexibility index (Phi) is 20.0. The highest BCUT2D eigenvalue weighted by molar-refractivity contribution is 7.91. The van der Waals surface area contributed by atoms with Crippen LogP contribution in [-0.4, -0.2) is 199 Å². The van der Waals surface area contributed by atoms with E-state index in [4.69, 9.17) is 37.9 Å². The molecule has 3 aliphatic carbocycles. The molecule has 506 valence electrons. The molecule has 28 nitrogen and oxygen atoms in total. The Labute approximate surface area is 543 Å². The molecule has 4 aliphatic heterocycles. The molecule has 0 spiro atoms. The third-order valence-corrected chi connectivity index (χ3v) is 18.9. The van der Waals surface area contributed by atoms with Crippen LogP contribution in [0.15, 0.2) is 85.2 Å². The minimum Gasteiger partial charge on any atom is -0.497 e. The van der Waals surface area contributed by atoms with Crippen molar-refractivity contribution in [2.75, 3.05) is 53.7 Å². The van der Waals surface area contributed by atoms with E-state index in [1.165, 1.54) is 9.80 Å². The number of hydrogen-bond acceptors (Lipinski definition) is 20. The molecule has 2 saturated heterocycles. The number of fused-ring (bicyclic) bond motifs is 6. The van der Waals surface area contributed by atoms with E-state index in [-0.39, 0.29) is 78.0 Å². The number of ether oxygens (including phenoxy) is 8. The van der Waals surface area contributed by atoms with E-state index in [1.807, 2.05) is 30.3 Å². The Morgan fingerprint density at radius 3 is 1.50 bits per heavy atom. The molecule has 7 amide bonds. The zero-order chi connectivity index (χ0) is 67.5. The van der Waals surface area contributed by atoms with Crippen molar-refractivity contribution >= 4 is 79.3 Å². The summed E-state index contributed by atoms with van der Waals surface area (Å²) in [6, 6.07) is 10.1. The molecule has 11 rings (SSSR count). The predicted molar refractivity (Wildman–Crippen MR) is 337 cm³/mol. The van der Waals surface area contributed by atoms with Crippen LogP contribution in [0.3, 0.4) is 0 Å². The van der Waals surface area contributed by atoms with Crippen molar-refractivity contribution in [3.8, 4) is 23.3 Å². The van der Waals surface area contributed by atoms with Gasteiger partial charge in [-0.3, -0.25) is 28.7 Å². The summed E-state index contributed by atoms with van der Waals surface area (Å²) in [7, 11) is -0.760. The number of sulfonamides is 1. The van der Waals surface area contributed by atoms with E-state index in [2.05, 4.69) is 36.0 Å². The third kappa shape index (κ3) is 16.0. The predicted octanol–water partition coefficient (Wildman–Crippen LogP) is 4.37. The highest BCUT2D eigenvalue weighted by Gasteiger charge is 2.63. The molecule has 0 bridgehead atoms. The molecular weight excluding hydrogens is 1240 g/mol. The molecule has 0 unspecified atom stereocenters. The molecule has 0 radical (unpaired) electrons. The van der Waals surface area contributed by atoms with Gasteiger partial charge in [-0.05, 0) is 127 Å². The minimum atomic E-state index is -3.90. The number of aliphatic carboxylic acids is 1. The van der Waals surface area contributed by atoms with Gasteiger partial charge in [-0.1, -0.05) is 24.3 Å². The fourth-order valence-electron chi connectivity index (χ4n) is 12.0. The van der Waals surface area contributed by atoms with Gasteiger partial charge in [0.1, 0.15) is 70.2 Å². The van der Waals surface area contributed by atoms with Crippen LogP contribution in [0, 0.1) is 11.8 Å². The average molecular weight is 1320 g/mol. The summed E-state index contributed by atoms with van der Waals surface area (Å²) in [6.45, 7) is 10.7. The number of rotatable bonds is 12. The number of alkyl carbamates (subject to hydrolysis) is 2. The third-order valence-electron chi connectivity index (χ3n) is 17.1. The van der Waals surface area contributed by atoms with Crippen molar-refractivity contribution in [2.24, 2.45) is 11.8 Å². The molecule has 6 N–H and O–H groups in total. The highest BCUT2D eigenvalue weighted by Crippen LogP contribution is 2.47. The number of carboxylic acid groups (broad SMARTS) is 1. The average Bonchev–Trinajstić information content (AvgIpc) is 1.58. The van der Waals surface area contributed by atoms with Crippen molar-refractivity contribution in [3.05, 3.63) is 85.2 Å². The van der Waals surface area contributed by atoms with E-state index in [0.717, 1.165) is 16.2 Å². The maximum Gasteiger partial charge on any atom is 0.408 e. The second-order valence-electron chi connectivity index (χ2n) is 26.4. The number of carboxylic acids is 1. The number of methoxy groups -OCH3 is 2. The molecule has 6 heterocycles. The van der Waals surface area contributed by atoms with Crippen molar-refractivity contribution in [2.45, 2.75) is 157 Å². The highest BCUT2D eigenvalue weighted by atomic mass is 32.2. The summed E-state index contributed by atoms with van der Waals surface area (Å²) in [5.74, 6) is -3.34. The fourth-order valence-corrected chi connectivity index (χ4v) is 13.3. The van der Waals surface area contributed by atoms with Gasteiger partial charge in [0.15, 0.2) is 0 Å². The van der Waals surface area contributed by atoms with Gasteiger partial charge in [0.05, 0.1) is 45.8 Å². The van der Waals surface area contributed by atoms with E-state index in [1.54, 1.807) is 111 Å². The minimum absolute atomic E-state index is 0.00189. The van der Waals surface area contributed by atoms with Gasteiger partial charge >= 0.3 is 18.2 Å². The van der Waals surface area contributed by atoms with Crippen LogP contribution in [0.2, 0.25) is 0 Å². The molecular formula is C65H81N9O19S. The van der Waals surface area contributed by atoms with Crippen LogP contribution < -0.4 is 44.9 Å². The number of pyridine rings is 2. The second kappa shape index (κ2) is 27.6. The van der Waals surface area contributed by atoms with Gasteiger partial charge in [-0.25, -0.2) is 32.8 Å². The Morgan fingerprint density at radius 2 is 1.07 bits per heavy atom. The zero-order valence-corrected chi connectivity index (χ0v) is 54.5. The number of hydrogen-bond donors (Lipinski definition) is 6. The first kappa shape index (κ1) is 68.0. The smallest absolute Gasteiger partial charge is 0.408 e. The number of amides is 7. The molecule has 7 aliphatic rings. The molecule has 29 heteroatoms. The van der Waals surface area contributed by atoms with Crippen LogP contribution in [0.25, 0.3) is 21.5 Å². The SMILES string of the molecule is COc1ccc2c(O[C@@H]3C[C@H]4C(=O)N[C@]5(C(=O)NS(=O)(=O)C6CC6)C[C@H]5/C=C\COCC[C@H](NC(=O)OC(C)(C)C)C(=O)N4C3)nccc2c1.COc1ccc2c(O[C@@H]3C[C@H]4C(=O)N[C@]5(C(=O)O)C[C@H]5/C=C\COCC[C@H](NC(=O)OC(C)(C)C)C(=O)N4C3)nccc2c1. The first-order valence-corrected chi connectivity index (χ1v) is 32.8. The summed E-state index contributed by atoms with van der Waals surface area (Å²) in [5.41, 5.74) is -4.65. The lowest BCUT2D eigenvalue weighted by molar-refractivity contribution is -0.145. The van der Waals surface area contributed by atoms with Crippen LogP contribution >= 0.6 is 0 Å². The normalized spacial score (nSPS) is 28.0. The summed E-state index contributed by atoms with van der Waals surface area (Å²) in [4.78, 5) is 119. The Morgan fingerprint density at radius 1 is 0.638 bits per heavy atom. The largest absolute Gasteiger partial charge is 0.497 e. The second-order valence-corrected chi connectivity index (χ2v) is 28.3. The Bertz CT molecular complexity index is 3760. The van der Waals surface area contributed by atoms with Crippen molar-refractivity contribution in [3.63, 3.8) is 0 Å². The van der Waals surface area contributed by atoms with Crippen LogP contribution in [0.4, 0.5) is 9.59 Å². The number of aromatic nitrogens is 2. The van der Waals surface area contributed by atoms with Gasteiger partial charge < -0.3 is 74.1 Å². The zero-order valence-electron chi connectivity index (χ0n) is 53.7. The number of carbonyl (C=O) groups is 8. The van der Waals surface area contributed by atoms with Gasteiger partial charge in [-0.15, -0.1) is 0 Å². The van der Waals surface area contributed by atoms with E-state index >= 15 is 0 Å². The molecule has 2 aromatic carbocycles. The number of carbonyl (C=O) groups excluding carboxylic acids is 7. The first-order valence-electron chi connectivity index (χ1n) is 31.3. The van der Waals surface area contributed by atoms with E-state index in [0.29, 0.717) is 41.5 Å². The van der Waals surface area contributed by atoms with E-state index in [9.17, 15) is 51.9 Å². The number of nitrogens with one attached hydrogen (secondary N) is 5. The molecule has 94 heavy (non-hydrogen) atoms. The summed E-state index contributed by atoms with van der Waals surface area (Å²) < 4.78 is 73.1. The lowest BCUT2D eigenvalue weighted by Gasteiger charge is -2.30. The molecule has 4 aromatic rings. The summed E-state index contributed by atoms with van der Waals surface area (Å²) in [6.07, 6.45) is 8.66. The lowest BCUT2D eigenvalue weighted by Crippen LogP contribution is -2.58. The fraction of sp³-hybridized carbons (Fsp3) is 0.538. The maximum atomic E-state index is 14.3. The quantitative estimate of drug-likeness (QED) is 0.107. The van der Waals surface area contributed by atoms with Crippen LogP contribution in [-0.2, 0) is 57.7 Å². The molecule has 5 fully saturated rings. The number of nitrogens with zero attached hydrogens (tertiary/aromatic N) is 4. The van der Waals surface area contributed by atoms with Gasteiger partial charge in [0.2, 0.25) is 45.4 Å². The maximum absolute atomic E-state index is 14.3. The summed E-state index contributed by atoms with van der Waals surface area (Å²) in [5, 5.41) is 23.2. The van der Waals surface area contributed by atoms with Crippen molar-refractivity contribution in [1.29, 1.82) is 0 Å². The standard InChI is InChI=1S/C34H43N5O10S.C31H38N4O9/c1-33(2,3)49-32(43)36-26-12-15-47-14-5-6-21-18-34(21,31(42)38-50(44,45)24-8-9-24)37-28(40)27-17-23(19-39(27)30(26)41)48-29-25-10-7-22(46-4)16-20(25)11-13-35-29;1-30(2,3)44-29(40)33-23-10-13-42-12-5-6-19-16-31(19,28(38)39)34-25(36)24-15-21(17-35(24)27(23)37)43-26-22-8-7-20(41-4)14-18(22)9-11-32-26/h5-7,10-11,13,16,21,23-24,26-27H,8-9,12,14-15,17-19H2,1-4H3,(H,36,43)(H,37,40)(H,38,42);5-9,11,14,19,21,23-24H,10,12-13,15-17H2,1-4H3,(H,33,40)(H,34,36)(H,38,39)/b2*6-5-/t21-,23-,26+,27+,34-;19-,21-,23+,24+,31-/m11/s1. The molecule has 2 aromatic heterocycles. The lowest BCUT2D eigenvalue weighted by atomic mass is 10.1. The van der Waals surface area contributed by atoms with Crippen LogP contribution in [0.1, 0.15) is 92.9 Å². The van der Waals surface area contributed by atoms with Crippen molar-refractivity contribution in [1.82, 2.24) is 45.8 Å². The van der Waals surface area contributed by atoms with E-state index < -0.39 is 133 Å². The van der Waals surface area contributed by atoms with Gasteiger partial charge in [-0.2, -0.15) is 0 Å². The number of benzene rings is 2. The molecule has 10 atom stereocenters. The monoisotopic (exact) mass is 1320 g/mol. The van der Waals surface area contributed by atoms with Crippen molar-refractivity contribution < 1.29 is 89.8 Å².